The van der Waals surface area contributed by atoms with Crippen LogP contribution in [0.5, 0.6) is 11.5 Å². The van der Waals surface area contributed by atoms with Gasteiger partial charge in [0.25, 0.3) is 0 Å². The SMILES string of the molecule is COc1cc(C2CCCc3nc(SCc4c(F)ccc(O)c4F)n(-c4ccc(F)cc4)c32)ccc1Cl. The highest BCUT2D eigenvalue weighted by Crippen LogP contribution is 2.43. The molecule has 1 N–H and O–H groups in total. The van der Waals surface area contributed by atoms with E-state index in [2.05, 4.69) is 0 Å². The second-order valence-electron chi connectivity index (χ2n) is 8.52. The largest absolute Gasteiger partial charge is 0.505 e. The van der Waals surface area contributed by atoms with Crippen LogP contribution in [0.1, 0.15) is 41.3 Å². The van der Waals surface area contributed by atoms with E-state index >= 15 is 0 Å². The van der Waals surface area contributed by atoms with Crippen molar-refractivity contribution >= 4 is 23.4 Å². The Hall–Kier alpha value is -3.10. The van der Waals surface area contributed by atoms with Crippen LogP contribution in [0.4, 0.5) is 13.2 Å². The van der Waals surface area contributed by atoms with Gasteiger partial charge in [0.05, 0.1) is 23.5 Å². The van der Waals surface area contributed by atoms with Crippen LogP contribution in [0.15, 0.2) is 59.8 Å². The third kappa shape index (κ3) is 4.55. The van der Waals surface area contributed by atoms with Gasteiger partial charge in [-0.1, -0.05) is 29.4 Å². The van der Waals surface area contributed by atoms with E-state index in [1.54, 1.807) is 25.3 Å². The number of ether oxygens (including phenoxy) is 1. The van der Waals surface area contributed by atoms with Gasteiger partial charge in [0.15, 0.2) is 16.7 Å². The number of thioether (sulfide) groups is 1. The van der Waals surface area contributed by atoms with E-state index in [9.17, 15) is 18.3 Å². The van der Waals surface area contributed by atoms with E-state index < -0.39 is 17.4 Å². The van der Waals surface area contributed by atoms with Crippen LogP contribution in [0, 0.1) is 17.5 Å². The average Bonchev–Trinajstić information content (AvgIpc) is 3.26. The van der Waals surface area contributed by atoms with Gasteiger partial charge >= 0.3 is 0 Å². The molecule has 4 nitrogen and oxygen atoms in total. The summed E-state index contributed by atoms with van der Waals surface area (Å²) in [6, 6.07) is 13.7. The molecule has 0 fully saturated rings. The molecule has 1 unspecified atom stereocenters. The number of aromatic nitrogens is 2. The second kappa shape index (κ2) is 10.1. The molecule has 1 atom stereocenters. The molecule has 0 radical (unpaired) electrons. The van der Waals surface area contributed by atoms with E-state index in [1.807, 2.05) is 16.7 Å². The predicted octanol–water partition coefficient (Wildman–Crippen LogP) is 7.42. The van der Waals surface area contributed by atoms with Gasteiger partial charge in [-0.2, -0.15) is 0 Å². The Kier molecular flexibility index (Phi) is 6.90. The number of fused-ring (bicyclic) bond motifs is 1. The lowest BCUT2D eigenvalue weighted by Gasteiger charge is -2.26. The van der Waals surface area contributed by atoms with Gasteiger partial charge < -0.3 is 9.84 Å². The molecule has 0 aliphatic heterocycles. The van der Waals surface area contributed by atoms with Crippen LogP contribution in [0.2, 0.25) is 5.02 Å². The van der Waals surface area contributed by atoms with E-state index in [0.29, 0.717) is 21.6 Å². The Labute approximate surface area is 215 Å². The maximum atomic E-state index is 14.5. The molecule has 1 aromatic heterocycles. The van der Waals surface area contributed by atoms with Crippen molar-refractivity contribution in [3.63, 3.8) is 0 Å². The standard InChI is InChI=1S/C27H22ClF3N2O2S/c1-35-24-13-15(5-10-20(24)28)18-3-2-4-22-26(18)33(17-8-6-16(29)7-9-17)27(32-22)36-14-19-21(30)11-12-23(34)25(19)31/h5-13,18,34H,2-4,14H2,1H3. The molecular formula is C27H22ClF3N2O2S. The number of hydrogen-bond donors (Lipinski definition) is 1. The quantitative estimate of drug-likeness (QED) is 0.263. The van der Waals surface area contributed by atoms with Gasteiger partial charge in [0, 0.05) is 22.9 Å². The van der Waals surface area contributed by atoms with E-state index in [-0.39, 0.29) is 23.1 Å². The van der Waals surface area contributed by atoms with Crippen LogP contribution >= 0.6 is 23.4 Å². The van der Waals surface area contributed by atoms with Gasteiger partial charge in [0.1, 0.15) is 17.4 Å². The van der Waals surface area contributed by atoms with Crippen molar-refractivity contribution in [2.75, 3.05) is 7.11 Å². The number of nitrogens with zero attached hydrogens (tertiary/aromatic N) is 2. The maximum Gasteiger partial charge on any atom is 0.173 e. The average molecular weight is 531 g/mol. The highest BCUT2D eigenvalue weighted by Gasteiger charge is 2.31. The Morgan fingerprint density at radius 3 is 2.64 bits per heavy atom. The summed E-state index contributed by atoms with van der Waals surface area (Å²) < 4.78 is 49.9. The van der Waals surface area contributed by atoms with Crippen LogP contribution < -0.4 is 4.74 Å². The van der Waals surface area contributed by atoms with Crippen LogP contribution in [0.3, 0.4) is 0 Å². The highest BCUT2D eigenvalue weighted by atomic mass is 35.5. The van der Waals surface area contributed by atoms with Crippen molar-refractivity contribution in [3.8, 4) is 17.2 Å². The molecule has 1 aliphatic carbocycles. The lowest BCUT2D eigenvalue weighted by atomic mass is 9.84. The number of methoxy groups -OCH3 is 1. The minimum atomic E-state index is -0.988. The fraction of sp³-hybridized carbons (Fsp3) is 0.222. The van der Waals surface area contributed by atoms with Crippen molar-refractivity contribution in [1.29, 1.82) is 0 Å². The normalized spacial score (nSPS) is 15.1. The molecule has 0 bridgehead atoms. The number of imidazole rings is 1. The van der Waals surface area contributed by atoms with Crippen LogP contribution in [-0.2, 0) is 12.2 Å². The molecular weight excluding hydrogens is 509 g/mol. The summed E-state index contributed by atoms with van der Waals surface area (Å²) in [5.74, 6) is -2.26. The molecule has 0 saturated carbocycles. The summed E-state index contributed by atoms with van der Waals surface area (Å²) in [4.78, 5) is 4.85. The third-order valence-electron chi connectivity index (χ3n) is 6.37. The summed E-state index contributed by atoms with van der Waals surface area (Å²) in [5.41, 5.74) is 3.28. The fourth-order valence-corrected chi connectivity index (χ4v) is 5.85. The Balaban J connectivity index is 1.62. The van der Waals surface area contributed by atoms with Crippen molar-refractivity contribution in [2.24, 2.45) is 0 Å². The molecule has 0 amide bonds. The van der Waals surface area contributed by atoms with Gasteiger partial charge in [-0.15, -0.1) is 0 Å². The monoisotopic (exact) mass is 530 g/mol. The molecule has 186 valence electrons. The van der Waals surface area contributed by atoms with E-state index in [0.717, 1.165) is 60.1 Å². The number of aryl methyl sites for hydroxylation is 1. The fourth-order valence-electron chi connectivity index (χ4n) is 4.61. The summed E-state index contributed by atoms with van der Waals surface area (Å²) in [5, 5.41) is 10.7. The Bertz CT molecular complexity index is 1430. The third-order valence-corrected chi connectivity index (χ3v) is 7.65. The highest BCUT2D eigenvalue weighted by molar-refractivity contribution is 7.98. The Morgan fingerprint density at radius 2 is 1.89 bits per heavy atom. The predicted molar refractivity (Wildman–Crippen MR) is 134 cm³/mol. The minimum absolute atomic E-state index is 0.0407. The summed E-state index contributed by atoms with van der Waals surface area (Å²) in [6.45, 7) is 0. The molecule has 0 saturated heterocycles. The first-order valence-electron chi connectivity index (χ1n) is 11.4. The van der Waals surface area contributed by atoms with E-state index in [4.69, 9.17) is 21.3 Å². The molecule has 9 heteroatoms. The first kappa shape index (κ1) is 24.6. The number of aromatic hydroxyl groups is 1. The number of phenols is 1. The van der Waals surface area contributed by atoms with Crippen molar-refractivity contribution < 1.29 is 23.0 Å². The molecule has 5 rings (SSSR count). The van der Waals surface area contributed by atoms with Gasteiger partial charge in [-0.25, -0.2) is 18.2 Å². The van der Waals surface area contributed by atoms with Crippen molar-refractivity contribution in [3.05, 3.63) is 99.6 Å². The number of benzene rings is 3. The maximum absolute atomic E-state index is 14.5. The molecule has 4 aromatic rings. The molecule has 36 heavy (non-hydrogen) atoms. The van der Waals surface area contributed by atoms with E-state index in [1.165, 1.54) is 12.1 Å². The summed E-state index contributed by atoms with van der Waals surface area (Å²) >= 11 is 7.42. The molecule has 0 spiro atoms. The Morgan fingerprint density at radius 1 is 1.11 bits per heavy atom. The smallest absolute Gasteiger partial charge is 0.173 e. The summed E-state index contributed by atoms with van der Waals surface area (Å²) in [7, 11) is 1.56. The number of hydrogen-bond acceptors (Lipinski definition) is 4. The second-order valence-corrected chi connectivity index (χ2v) is 9.87. The zero-order valence-electron chi connectivity index (χ0n) is 19.3. The minimum Gasteiger partial charge on any atom is -0.505 e. The zero-order valence-corrected chi connectivity index (χ0v) is 20.8. The van der Waals surface area contributed by atoms with Crippen molar-refractivity contribution in [2.45, 2.75) is 36.1 Å². The van der Waals surface area contributed by atoms with Gasteiger partial charge in [0.2, 0.25) is 0 Å². The number of rotatable bonds is 6. The lowest BCUT2D eigenvalue weighted by Crippen LogP contribution is -2.15. The first-order valence-corrected chi connectivity index (χ1v) is 12.7. The zero-order chi connectivity index (χ0) is 25.4. The van der Waals surface area contributed by atoms with Crippen molar-refractivity contribution in [1.82, 2.24) is 9.55 Å². The van der Waals surface area contributed by atoms with Gasteiger partial charge in [-0.3, -0.25) is 4.57 Å². The topological polar surface area (TPSA) is 47.3 Å². The first-order chi connectivity index (χ1) is 17.4. The molecule has 3 aromatic carbocycles. The van der Waals surface area contributed by atoms with Gasteiger partial charge in [-0.05, 0) is 73.4 Å². The molecule has 1 aliphatic rings. The van der Waals surface area contributed by atoms with Crippen LogP contribution in [-0.4, -0.2) is 21.8 Å². The van der Waals surface area contributed by atoms with Crippen LogP contribution in [0.25, 0.3) is 5.69 Å². The number of phenolic OH excluding ortho intramolecular Hbond substituents is 1. The number of halogens is 4. The summed E-state index contributed by atoms with van der Waals surface area (Å²) in [6.07, 6.45) is 2.50. The lowest BCUT2D eigenvalue weighted by molar-refractivity contribution is 0.414. The molecule has 1 heterocycles.